The van der Waals surface area contributed by atoms with Gasteiger partial charge in [-0.3, -0.25) is 14.3 Å². The standard InChI is InChI=1S/C17H16FN3O/c1-3-15(14-9-4-6-11(2)20-14)21-10-19-16-12(17(21)22)7-5-8-13(16)18/h4-10,15H,3H2,1-2H3. The Labute approximate surface area is 127 Å². The lowest BCUT2D eigenvalue weighted by Gasteiger charge is -2.18. The van der Waals surface area contributed by atoms with Gasteiger partial charge in [0.25, 0.3) is 5.56 Å². The quantitative estimate of drug-likeness (QED) is 0.745. The molecule has 0 saturated heterocycles. The van der Waals surface area contributed by atoms with Crippen molar-refractivity contribution in [1.29, 1.82) is 0 Å². The van der Waals surface area contributed by atoms with E-state index in [0.29, 0.717) is 6.42 Å². The molecule has 0 radical (unpaired) electrons. The van der Waals surface area contributed by atoms with Crippen molar-refractivity contribution < 1.29 is 4.39 Å². The first-order chi connectivity index (χ1) is 10.6. The second kappa shape index (κ2) is 5.67. The lowest BCUT2D eigenvalue weighted by molar-refractivity contribution is 0.529. The van der Waals surface area contributed by atoms with Gasteiger partial charge in [-0.2, -0.15) is 0 Å². The van der Waals surface area contributed by atoms with Gasteiger partial charge in [-0.05, 0) is 37.6 Å². The van der Waals surface area contributed by atoms with Crippen molar-refractivity contribution in [3.8, 4) is 0 Å². The maximum atomic E-state index is 13.7. The van der Waals surface area contributed by atoms with Crippen molar-refractivity contribution in [2.45, 2.75) is 26.3 Å². The number of benzene rings is 1. The van der Waals surface area contributed by atoms with E-state index in [-0.39, 0.29) is 22.5 Å². The second-order valence-electron chi connectivity index (χ2n) is 5.22. The number of fused-ring (bicyclic) bond motifs is 1. The fourth-order valence-corrected chi connectivity index (χ4v) is 2.65. The van der Waals surface area contributed by atoms with E-state index in [4.69, 9.17) is 0 Å². The molecule has 0 N–H and O–H groups in total. The minimum atomic E-state index is -0.483. The number of hydrogen-bond donors (Lipinski definition) is 0. The Morgan fingerprint density at radius 2 is 2.00 bits per heavy atom. The van der Waals surface area contributed by atoms with E-state index < -0.39 is 5.82 Å². The molecule has 0 bridgehead atoms. The molecule has 1 aromatic carbocycles. The summed E-state index contributed by atoms with van der Waals surface area (Å²) in [5.74, 6) is -0.483. The van der Waals surface area contributed by atoms with Crippen LogP contribution in [0.1, 0.15) is 30.8 Å². The highest BCUT2D eigenvalue weighted by atomic mass is 19.1. The van der Waals surface area contributed by atoms with Gasteiger partial charge in [0.1, 0.15) is 11.3 Å². The molecule has 0 aliphatic heterocycles. The molecule has 0 spiro atoms. The maximum Gasteiger partial charge on any atom is 0.261 e. The largest absolute Gasteiger partial charge is 0.290 e. The van der Waals surface area contributed by atoms with Crippen LogP contribution in [0.3, 0.4) is 0 Å². The van der Waals surface area contributed by atoms with Crippen molar-refractivity contribution >= 4 is 10.9 Å². The van der Waals surface area contributed by atoms with Gasteiger partial charge < -0.3 is 0 Å². The molecule has 2 aromatic heterocycles. The van der Waals surface area contributed by atoms with E-state index in [1.807, 2.05) is 32.0 Å². The van der Waals surface area contributed by atoms with Gasteiger partial charge in [-0.15, -0.1) is 0 Å². The van der Waals surface area contributed by atoms with Crippen LogP contribution in [0.25, 0.3) is 10.9 Å². The summed E-state index contributed by atoms with van der Waals surface area (Å²) in [6, 6.07) is 9.93. The van der Waals surface area contributed by atoms with Gasteiger partial charge in [0.15, 0.2) is 0 Å². The summed E-state index contributed by atoms with van der Waals surface area (Å²) in [6.07, 6.45) is 2.10. The monoisotopic (exact) mass is 297 g/mol. The Kier molecular flexibility index (Phi) is 3.71. The van der Waals surface area contributed by atoms with E-state index in [0.717, 1.165) is 11.4 Å². The molecule has 0 aliphatic rings. The third kappa shape index (κ3) is 2.39. The Morgan fingerprint density at radius 1 is 1.23 bits per heavy atom. The molecule has 1 unspecified atom stereocenters. The van der Waals surface area contributed by atoms with Crippen LogP contribution in [0.4, 0.5) is 4.39 Å². The minimum absolute atomic E-state index is 0.107. The Hall–Kier alpha value is -2.56. The summed E-state index contributed by atoms with van der Waals surface area (Å²) in [4.78, 5) is 21.3. The predicted molar refractivity (Wildman–Crippen MR) is 83.4 cm³/mol. The number of aryl methyl sites for hydroxylation is 1. The zero-order valence-corrected chi connectivity index (χ0v) is 12.5. The molecule has 5 heteroatoms. The third-order valence-corrected chi connectivity index (χ3v) is 3.74. The predicted octanol–water partition coefficient (Wildman–Crippen LogP) is 3.24. The number of rotatable bonds is 3. The van der Waals surface area contributed by atoms with E-state index in [9.17, 15) is 9.18 Å². The number of pyridine rings is 1. The first kappa shape index (κ1) is 14.4. The fourth-order valence-electron chi connectivity index (χ4n) is 2.65. The van der Waals surface area contributed by atoms with Crippen LogP contribution in [-0.4, -0.2) is 14.5 Å². The molecule has 3 aromatic rings. The Bertz CT molecular complexity index is 888. The molecular weight excluding hydrogens is 281 g/mol. The summed E-state index contributed by atoms with van der Waals surface area (Å²) in [5, 5.41) is 0.286. The highest BCUT2D eigenvalue weighted by molar-refractivity contribution is 5.77. The van der Waals surface area contributed by atoms with Crippen molar-refractivity contribution in [3.63, 3.8) is 0 Å². The van der Waals surface area contributed by atoms with Gasteiger partial charge in [-0.25, -0.2) is 9.37 Å². The summed E-state index contributed by atoms with van der Waals surface area (Å²) >= 11 is 0. The van der Waals surface area contributed by atoms with Gasteiger partial charge in [0.2, 0.25) is 0 Å². The topological polar surface area (TPSA) is 47.8 Å². The SMILES string of the molecule is CCC(c1cccc(C)n1)n1cnc2c(F)cccc2c1=O. The van der Waals surface area contributed by atoms with Gasteiger partial charge >= 0.3 is 0 Å². The number of nitrogens with zero attached hydrogens (tertiary/aromatic N) is 3. The van der Waals surface area contributed by atoms with E-state index in [1.165, 1.54) is 23.0 Å². The minimum Gasteiger partial charge on any atom is -0.290 e. The van der Waals surface area contributed by atoms with E-state index in [1.54, 1.807) is 6.07 Å². The van der Waals surface area contributed by atoms with Crippen molar-refractivity contribution in [2.75, 3.05) is 0 Å². The van der Waals surface area contributed by atoms with Crippen LogP contribution in [0, 0.1) is 12.7 Å². The molecule has 0 amide bonds. The average Bonchev–Trinajstić information content (AvgIpc) is 2.51. The molecule has 1 atom stereocenters. The summed E-state index contributed by atoms with van der Waals surface area (Å²) in [5.41, 5.74) is 1.56. The highest BCUT2D eigenvalue weighted by Gasteiger charge is 2.17. The summed E-state index contributed by atoms with van der Waals surface area (Å²) in [7, 11) is 0. The lowest BCUT2D eigenvalue weighted by Crippen LogP contribution is -2.26. The molecule has 2 heterocycles. The molecule has 4 nitrogen and oxygen atoms in total. The molecule has 0 saturated carbocycles. The molecule has 112 valence electrons. The first-order valence-corrected chi connectivity index (χ1v) is 7.20. The van der Waals surface area contributed by atoms with Gasteiger partial charge in [0, 0.05) is 5.69 Å². The third-order valence-electron chi connectivity index (χ3n) is 3.74. The van der Waals surface area contributed by atoms with Crippen molar-refractivity contribution in [1.82, 2.24) is 14.5 Å². The molecule has 3 rings (SSSR count). The molecular formula is C17H16FN3O. The number of aromatic nitrogens is 3. The average molecular weight is 297 g/mol. The zero-order valence-electron chi connectivity index (χ0n) is 12.5. The maximum absolute atomic E-state index is 13.7. The van der Waals surface area contributed by atoms with Crippen LogP contribution in [-0.2, 0) is 0 Å². The smallest absolute Gasteiger partial charge is 0.261 e. The molecule has 0 aliphatic carbocycles. The van der Waals surface area contributed by atoms with Gasteiger partial charge in [0.05, 0.1) is 23.4 Å². The normalized spacial score (nSPS) is 12.5. The van der Waals surface area contributed by atoms with Crippen molar-refractivity contribution in [3.05, 3.63) is 70.3 Å². The number of para-hydroxylation sites is 1. The van der Waals surface area contributed by atoms with Crippen LogP contribution < -0.4 is 5.56 Å². The second-order valence-corrected chi connectivity index (χ2v) is 5.22. The Balaban J connectivity index is 2.20. The number of hydrogen-bond acceptors (Lipinski definition) is 3. The summed E-state index contributed by atoms with van der Waals surface area (Å²) in [6.45, 7) is 3.89. The van der Waals surface area contributed by atoms with Gasteiger partial charge in [-0.1, -0.05) is 19.1 Å². The zero-order chi connectivity index (χ0) is 15.7. The highest BCUT2D eigenvalue weighted by Crippen LogP contribution is 2.20. The van der Waals surface area contributed by atoms with Crippen LogP contribution in [0.5, 0.6) is 0 Å². The lowest BCUT2D eigenvalue weighted by atomic mass is 10.1. The van der Waals surface area contributed by atoms with E-state index >= 15 is 0 Å². The molecule has 0 fully saturated rings. The van der Waals surface area contributed by atoms with E-state index in [2.05, 4.69) is 9.97 Å². The van der Waals surface area contributed by atoms with Crippen LogP contribution >= 0.6 is 0 Å². The molecule has 22 heavy (non-hydrogen) atoms. The first-order valence-electron chi connectivity index (χ1n) is 7.20. The Morgan fingerprint density at radius 3 is 2.73 bits per heavy atom. The van der Waals surface area contributed by atoms with Crippen LogP contribution in [0.2, 0.25) is 0 Å². The van der Waals surface area contributed by atoms with Crippen LogP contribution in [0.15, 0.2) is 47.5 Å². The summed E-state index contributed by atoms with van der Waals surface area (Å²) < 4.78 is 15.3. The van der Waals surface area contributed by atoms with Crippen molar-refractivity contribution in [2.24, 2.45) is 0 Å². The fraction of sp³-hybridized carbons (Fsp3) is 0.235. The number of halogens is 1.